The van der Waals surface area contributed by atoms with E-state index in [1.807, 2.05) is 18.2 Å². The molecule has 1 aromatic carbocycles. The van der Waals surface area contributed by atoms with Crippen molar-refractivity contribution >= 4 is 5.91 Å². The van der Waals surface area contributed by atoms with E-state index in [9.17, 15) is 9.90 Å². The first-order valence-electron chi connectivity index (χ1n) is 7.42. The molecule has 108 valence electrons. The first-order valence-corrected chi connectivity index (χ1v) is 7.42. The molecule has 0 spiro atoms. The number of ether oxygens (including phenoxy) is 1. The maximum Gasteiger partial charge on any atom is 0.251 e. The molecule has 2 N–H and O–H groups in total. The average Bonchev–Trinajstić information content (AvgIpc) is 2.69. The van der Waals surface area contributed by atoms with Gasteiger partial charge < -0.3 is 15.2 Å². The molecule has 2 aliphatic rings. The molecule has 0 aromatic heterocycles. The summed E-state index contributed by atoms with van der Waals surface area (Å²) in [6.07, 6.45) is 3.31. The summed E-state index contributed by atoms with van der Waals surface area (Å²) < 4.78 is 5.44. The zero-order valence-electron chi connectivity index (χ0n) is 11.6. The minimum absolute atomic E-state index is 0.0218. The van der Waals surface area contributed by atoms with Crippen molar-refractivity contribution in [3.63, 3.8) is 0 Å². The normalized spacial score (nSPS) is 24.4. The Kier molecular flexibility index (Phi) is 4.03. The lowest BCUT2D eigenvalue weighted by Gasteiger charge is -2.27. The van der Waals surface area contributed by atoms with Crippen molar-refractivity contribution in [1.29, 1.82) is 0 Å². The Bertz CT molecular complexity index is 494. The van der Waals surface area contributed by atoms with Gasteiger partial charge in [0.05, 0.1) is 12.7 Å². The molecule has 0 bridgehead atoms. The van der Waals surface area contributed by atoms with E-state index in [0.29, 0.717) is 6.61 Å². The van der Waals surface area contributed by atoms with E-state index >= 15 is 0 Å². The van der Waals surface area contributed by atoms with Gasteiger partial charge in [0.15, 0.2) is 0 Å². The van der Waals surface area contributed by atoms with Crippen LogP contribution in [0.2, 0.25) is 0 Å². The lowest BCUT2D eigenvalue weighted by atomic mass is 9.89. The molecular formula is C16H21NO3. The monoisotopic (exact) mass is 275 g/mol. The molecule has 4 nitrogen and oxygen atoms in total. The quantitative estimate of drug-likeness (QED) is 0.865. The van der Waals surface area contributed by atoms with Crippen LogP contribution < -0.4 is 5.32 Å². The number of nitrogens with one attached hydrogen (secondary N) is 1. The van der Waals surface area contributed by atoms with Crippen LogP contribution in [0, 0.1) is 5.92 Å². The van der Waals surface area contributed by atoms with E-state index in [4.69, 9.17) is 4.74 Å². The number of aryl methyl sites for hydroxylation is 1. The SMILES string of the molecule is O=C1NCCCc2ccc(C(O)C3CCCOC3)cc21. The second-order valence-electron chi connectivity index (χ2n) is 5.70. The molecule has 2 atom stereocenters. The number of hydrogen-bond acceptors (Lipinski definition) is 3. The van der Waals surface area contributed by atoms with Crippen molar-refractivity contribution in [1.82, 2.24) is 5.32 Å². The van der Waals surface area contributed by atoms with Crippen LogP contribution in [0.4, 0.5) is 0 Å². The lowest BCUT2D eigenvalue weighted by Crippen LogP contribution is -2.25. The standard InChI is InChI=1S/C16H21NO3/c18-15(13-4-2-8-20-10-13)12-6-5-11-3-1-7-17-16(19)14(11)9-12/h5-6,9,13,15,18H,1-4,7-8,10H2,(H,17,19). The molecule has 1 saturated heterocycles. The Morgan fingerprint density at radius 2 is 2.25 bits per heavy atom. The van der Waals surface area contributed by atoms with E-state index in [0.717, 1.165) is 55.5 Å². The second-order valence-corrected chi connectivity index (χ2v) is 5.70. The van der Waals surface area contributed by atoms with Gasteiger partial charge in [-0.15, -0.1) is 0 Å². The molecule has 1 aromatic rings. The first kappa shape index (κ1) is 13.6. The topological polar surface area (TPSA) is 58.6 Å². The molecule has 0 aliphatic carbocycles. The van der Waals surface area contributed by atoms with Crippen molar-refractivity contribution < 1.29 is 14.6 Å². The molecule has 2 unspecified atom stereocenters. The van der Waals surface area contributed by atoms with Gasteiger partial charge in [-0.3, -0.25) is 4.79 Å². The number of fused-ring (bicyclic) bond motifs is 1. The number of carbonyl (C=O) groups is 1. The van der Waals surface area contributed by atoms with Crippen LogP contribution in [-0.4, -0.2) is 30.8 Å². The molecule has 4 heteroatoms. The molecule has 2 aliphatic heterocycles. The molecule has 0 radical (unpaired) electrons. The molecule has 1 amide bonds. The van der Waals surface area contributed by atoms with Crippen LogP contribution >= 0.6 is 0 Å². The van der Waals surface area contributed by atoms with Crippen molar-refractivity contribution in [2.45, 2.75) is 31.8 Å². The predicted molar refractivity (Wildman–Crippen MR) is 75.6 cm³/mol. The van der Waals surface area contributed by atoms with Gasteiger partial charge in [-0.2, -0.15) is 0 Å². The fourth-order valence-corrected chi connectivity index (χ4v) is 3.07. The third-order valence-electron chi connectivity index (χ3n) is 4.27. The molecule has 0 saturated carbocycles. The summed E-state index contributed by atoms with van der Waals surface area (Å²) in [6, 6.07) is 5.80. The largest absolute Gasteiger partial charge is 0.388 e. The van der Waals surface area contributed by atoms with Crippen molar-refractivity contribution in [2.75, 3.05) is 19.8 Å². The van der Waals surface area contributed by atoms with Gasteiger partial charge in [0.1, 0.15) is 0 Å². The minimum Gasteiger partial charge on any atom is -0.388 e. The zero-order chi connectivity index (χ0) is 13.9. The molecule has 1 fully saturated rings. The summed E-state index contributed by atoms with van der Waals surface area (Å²) in [5.41, 5.74) is 2.63. The zero-order valence-corrected chi connectivity index (χ0v) is 11.6. The highest BCUT2D eigenvalue weighted by molar-refractivity contribution is 5.96. The minimum atomic E-state index is -0.545. The van der Waals surface area contributed by atoms with E-state index in [-0.39, 0.29) is 11.8 Å². The number of aliphatic hydroxyl groups excluding tert-OH is 1. The van der Waals surface area contributed by atoms with Gasteiger partial charge in [0.2, 0.25) is 0 Å². The molecule has 3 rings (SSSR count). The highest BCUT2D eigenvalue weighted by atomic mass is 16.5. The lowest BCUT2D eigenvalue weighted by molar-refractivity contribution is -0.00997. The molecular weight excluding hydrogens is 254 g/mol. The van der Waals surface area contributed by atoms with E-state index in [2.05, 4.69) is 5.32 Å². The van der Waals surface area contributed by atoms with Gasteiger partial charge in [-0.05, 0) is 42.9 Å². The number of amides is 1. The Labute approximate surface area is 119 Å². The maximum absolute atomic E-state index is 12.0. The van der Waals surface area contributed by atoms with Crippen molar-refractivity contribution in [2.24, 2.45) is 5.92 Å². The summed E-state index contributed by atoms with van der Waals surface area (Å²) in [6.45, 7) is 2.11. The third-order valence-corrected chi connectivity index (χ3v) is 4.27. The van der Waals surface area contributed by atoms with Gasteiger partial charge in [-0.25, -0.2) is 0 Å². The first-order chi connectivity index (χ1) is 9.75. The highest BCUT2D eigenvalue weighted by Gasteiger charge is 2.25. The summed E-state index contributed by atoms with van der Waals surface area (Å²) >= 11 is 0. The fourth-order valence-electron chi connectivity index (χ4n) is 3.07. The van der Waals surface area contributed by atoms with Crippen LogP contribution in [0.3, 0.4) is 0 Å². The highest BCUT2D eigenvalue weighted by Crippen LogP contribution is 2.30. The summed E-state index contributed by atoms with van der Waals surface area (Å²) in [7, 11) is 0. The van der Waals surface area contributed by atoms with Gasteiger partial charge in [0, 0.05) is 24.6 Å². The maximum atomic E-state index is 12.0. The van der Waals surface area contributed by atoms with Crippen LogP contribution in [0.25, 0.3) is 0 Å². The Hall–Kier alpha value is -1.39. The van der Waals surface area contributed by atoms with Crippen LogP contribution in [-0.2, 0) is 11.2 Å². The van der Waals surface area contributed by atoms with Gasteiger partial charge in [-0.1, -0.05) is 12.1 Å². The van der Waals surface area contributed by atoms with E-state index in [1.54, 1.807) is 0 Å². The van der Waals surface area contributed by atoms with Crippen LogP contribution in [0.1, 0.15) is 46.9 Å². The number of hydrogen-bond donors (Lipinski definition) is 2. The Morgan fingerprint density at radius 3 is 3.05 bits per heavy atom. The van der Waals surface area contributed by atoms with E-state index < -0.39 is 6.10 Å². The average molecular weight is 275 g/mol. The number of carbonyl (C=O) groups excluding carboxylic acids is 1. The molecule has 2 heterocycles. The van der Waals surface area contributed by atoms with Crippen molar-refractivity contribution in [3.05, 3.63) is 34.9 Å². The Morgan fingerprint density at radius 1 is 1.35 bits per heavy atom. The smallest absolute Gasteiger partial charge is 0.251 e. The number of aliphatic hydroxyl groups is 1. The van der Waals surface area contributed by atoms with Gasteiger partial charge >= 0.3 is 0 Å². The second kappa shape index (κ2) is 5.94. The predicted octanol–water partition coefficient (Wildman–Crippen LogP) is 1.82. The van der Waals surface area contributed by atoms with Crippen LogP contribution in [0.15, 0.2) is 18.2 Å². The van der Waals surface area contributed by atoms with E-state index in [1.165, 1.54) is 0 Å². The third kappa shape index (κ3) is 2.72. The summed E-state index contributed by atoms with van der Waals surface area (Å²) in [5.74, 6) is 0.113. The number of rotatable bonds is 2. The summed E-state index contributed by atoms with van der Waals surface area (Å²) in [4.78, 5) is 12.0. The fraction of sp³-hybridized carbons (Fsp3) is 0.562. The van der Waals surface area contributed by atoms with Gasteiger partial charge in [0.25, 0.3) is 5.91 Å². The van der Waals surface area contributed by atoms with Crippen LogP contribution in [0.5, 0.6) is 0 Å². The van der Waals surface area contributed by atoms with Crippen molar-refractivity contribution in [3.8, 4) is 0 Å². The summed E-state index contributed by atoms with van der Waals surface area (Å²) in [5, 5.41) is 13.4. The number of benzene rings is 1. The molecule has 20 heavy (non-hydrogen) atoms. The Balaban J connectivity index is 1.85.